The van der Waals surface area contributed by atoms with Crippen LogP contribution in [-0.2, 0) is 0 Å². The van der Waals surface area contributed by atoms with Gasteiger partial charge in [-0.2, -0.15) is 5.10 Å². The van der Waals surface area contributed by atoms with E-state index < -0.39 is 0 Å². The van der Waals surface area contributed by atoms with Gasteiger partial charge in [0.15, 0.2) is 0 Å². The van der Waals surface area contributed by atoms with Gasteiger partial charge in [-0.1, -0.05) is 25.4 Å². The second-order valence-corrected chi connectivity index (χ2v) is 4.03. The molecule has 4 nitrogen and oxygen atoms in total. The molecule has 0 saturated heterocycles. The van der Waals surface area contributed by atoms with Gasteiger partial charge in [-0.25, -0.2) is 10.1 Å². The topological polar surface area (TPSA) is 58.6 Å². The van der Waals surface area contributed by atoms with Crippen LogP contribution in [0.1, 0.15) is 25.5 Å². The first kappa shape index (κ1) is 10.1. The number of H-pyrrole nitrogens is 1. The summed E-state index contributed by atoms with van der Waals surface area (Å²) in [5, 5.41) is 8.15. The van der Waals surface area contributed by atoms with Crippen LogP contribution in [-0.4, -0.2) is 15.2 Å². The van der Waals surface area contributed by atoms with Crippen LogP contribution in [0, 0.1) is 0 Å². The first-order valence-electron chi connectivity index (χ1n) is 4.63. The van der Waals surface area contributed by atoms with E-state index in [0.717, 1.165) is 11.1 Å². The molecule has 2 heterocycles. The molecule has 78 valence electrons. The van der Waals surface area contributed by atoms with Crippen molar-refractivity contribution in [2.75, 3.05) is 0 Å². The molecule has 2 aromatic rings. The summed E-state index contributed by atoms with van der Waals surface area (Å²) in [6, 6.07) is 1.68. The number of hydrogen-bond donors (Lipinski definition) is 1. The van der Waals surface area contributed by atoms with Crippen molar-refractivity contribution >= 4 is 22.4 Å². The highest BCUT2D eigenvalue weighted by Gasteiger charge is 2.10. The quantitative estimate of drug-likeness (QED) is 0.754. The minimum Gasteiger partial charge on any atom is -0.267 e. The van der Waals surface area contributed by atoms with Crippen LogP contribution in [0.5, 0.6) is 0 Å². The maximum atomic E-state index is 11.5. The predicted molar refractivity (Wildman–Crippen MR) is 59.3 cm³/mol. The molecule has 0 saturated carbocycles. The van der Waals surface area contributed by atoms with Crippen molar-refractivity contribution in [1.29, 1.82) is 0 Å². The molecular weight excluding hydrogens is 214 g/mol. The monoisotopic (exact) mass is 223 g/mol. The molecule has 5 heteroatoms. The summed E-state index contributed by atoms with van der Waals surface area (Å²) < 4.78 is 0. The Labute approximate surface area is 91.3 Å². The van der Waals surface area contributed by atoms with Gasteiger partial charge in [-0.05, 0) is 12.0 Å². The van der Waals surface area contributed by atoms with Crippen LogP contribution in [0.2, 0.25) is 5.15 Å². The summed E-state index contributed by atoms with van der Waals surface area (Å²) in [6.45, 7) is 4.02. The Balaban J connectivity index is 2.90. The summed E-state index contributed by atoms with van der Waals surface area (Å²) in [5.41, 5.74) is 0.590. The lowest BCUT2D eigenvalue weighted by Crippen LogP contribution is -2.12. The highest BCUT2D eigenvalue weighted by atomic mass is 35.5. The second-order valence-electron chi connectivity index (χ2n) is 3.65. The van der Waals surface area contributed by atoms with E-state index in [1.54, 1.807) is 6.07 Å². The standard InChI is InChI=1S/C10H10ClN3O/c1-5(2)9-6-3-8(11)12-4-7(6)10(15)14-13-9/h3-5H,1-2H3,(H,14,15). The van der Waals surface area contributed by atoms with E-state index in [-0.39, 0.29) is 11.5 Å². The predicted octanol–water partition coefficient (Wildman–Crippen LogP) is 2.09. The minimum absolute atomic E-state index is 0.225. The van der Waals surface area contributed by atoms with E-state index in [4.69, 9.17) is 11.6 Å². The lowest BCUT2D eigenvalue weighted by molar-refractivity contribution is 0.792. The molecule has 0 unspecified atom stereocenters. The smallest absolute Gasteiger partial charge is 0.267 e. The lowest BCUT2D eigenvalue weighted by atomic mass is 10.1. The summed E-state index contributed by atoms with van der Waals surface area (Å²) >= 11 is 5.80. The highest BCUT2D eigenvalue weighted by Crippen LogP contribution is 2.21. The Hall–Kier alpha value is -1.42. The summed E-state index contributed by atoms with van der Waals surface area (Å²) in [5.74, 6) is 0.225. The number of pyridine rings is 1. The van der Waals surface area contributed by atoms with Gasteiger partial charge in [0.05, 0.1) is 11.1 Å². The fourth-order valence-electron chi connectivity index (χ4n) is 1.49. The third kappa shape index (κ3) is 1.72. The van der Waals surface area contributed by atoms with E-state index in [1.807, 2.05) is 13.8 Å². The van der Waals surface area contributed by atoms with Gasteiger partial charge in [0.2, 0.25) is 0 Å². The van der Waals surface area contributed by atoms with E-state index in [1.165, 1.54) is 6.20 Å². The summed E-state index contributed by atoms with van der Waals surface area (Å²) in [6.07, 6.45) is 1.48. The molecule has 2 aromatic heterocycles. The van der Waals surface area contributed by atoms with Crippen LogP contribution in [0.25, 0.3) is 10.8 Å². The zero-order valence-corrected chi connectivity index (χ0v) is 9.17. The van der Waals surface area contributed by atoms with Crippen LogP contribution in [0.4, 0.5) is 0 Å². The van der Waals surface area contributed by atoms with Gasteiger partial charge >= 0.3 is 0 Å². The number of hydrogen-bond acceptors (Lipinski definition) is 3. The van der Waals surface area contributed by atoms with Crippen LogP contribution < -0.4 is 5.56 Å². The number of aromatic nitrogens is 3. The Morgan fingerprint density at radius 2 is 2.13 bits per heavy atom. The molecule has 0 aliphatic heterocycles. The molecule has 0 fully saturated rings. The van der Waals surface area contributed by atoms with E-state index in [9.17, 15) is 4.79 Å². The van der Waals surface area contributed by atoms with Crippen molar-refractivity contribution in [3.63, 3.8) is 0 Å². The highest BCUT2D eigenvalue weighted by molar-refractivity contribution is 6.30. The molecule has 0 amide bonds. The number of rotatable bonds is 1. The largest absolute Gasteiger partial charge is 0.273 e. The summed E-state index contributed by atoms with van der Waals surface area (Å²) in [7, 11) is 0. The first-order valence-corrected chi connectivity index (χ1v) is 5.01. The average Bonchev–Trinajstić information content (AvgIpc) is 2.17. The molecule has 0 atom stereocenters. The van der Waals surface area contributed by atoms with Crippen molar-refractivity contribution in [2.24, 2.45) is 0 Å². The van der Waals surface area contributed by atoms with Gasteiger partial charge < -0.3 is 0 Å². The van der Waals surface area contributed by atoms with Crippen molar-refractivity contribution in [3.05, 3.63) is 33.5 Å². The van der Waals surface area contributed by atoms with E-state index in [0.29, 0.717) is 10.5 Å². The van der Waals surface area contributed by atoms with Crippen molar-refractivity contribution in [1.82, 2.24) is 15.2 Å². The zero-order chi connectivity index (χ0) is 11.0. The van der Waals surface area contributed by atoms with Crippen molar-refractivity contribution in [3.8, 4) is 0 Å². The lowest BCUT2D eigenvalue weighted by Gasteiger charge is -2.07. The average molecular weight is 224 g/mol. The maximum Gasteiger partial charge on any atom is 0.273 e. The Morgan fingerprint density at radius 3 is 2.80 bits per heavy atom. The molecular formula is C10H10ClN3O. The fraction of sp³-hybridized carbons (Fsp3) is 0.300. The molecule has 0 aliphatic carbocycles. The van der Waals surface area contributed by atoms with Crippen LogP contribution >= 0.6 is 11.6 Å². The summed E-state index contributed by atoms with van der Waals surface area (Å²) in [4.78, 5) is 15.3. The number of halogens is 1. The Bertz CT molecular complexity index is 562. The van der Waals surface area contributed by atoms with Crippen LogP contribution in [0.3, 0.4) is 0 Å². The molecule has 15 heavy (non-hydrogen) atoms. The number of nitrogens with one attached hydrogen (secondary N) is 1. The molecule has 1 N–H and O–H groups in total. The minimum atomic E-state index is -0.237. The molecule has 0 bridgehead atoms. The zero-order valence-electron chi connectivity index (χ0n) is 8.41. The van der Waals surface area contributed by atoms with Crippen molar-refractivity contribution in [2.45, 2.75) is 19.8 Å². The Morgan fingerprint density at radius 1 is 1.40 bits per heavy atom. The Kier molecular flexibility index (Phi) is 2.44. The molecule has 0 radical (unpaired) electrons. The first-order chi connectivity index (χ1) is 7.09. The van der Waals surface area contributed by atoms with Gasteiger partial charge in [0.1, 0.15) is 5.15 Å². The number of aromatic amines is 1. The second kappa shape index (κ2) is 3.62. The number of fused-ring (bicyclic) bond motifs is 1. The fourth-order valence-corrected chi connectivity index (χ4v) is 1.65. The molecule has 0 aromatic carbocycles. The SMILES string of the molecule is CC(C)c1n[nH]c(=O)c2cnc(Cl)cc12. The third-order valence-corrected chi connectivity index (χ3v) is 2.42. The van der Waals surface area contributed by atoms with Crippen molar-refractivity contribution < 1.29 is 0 Å². The third-order valence-electron chi connectivity index (χ3n) is 2.22. The molecule has 0 spiro atoms. The van der Waals surface area contributed by atoms with E-state index in [2.05, 4.69) is 15.2 Å². The van der Waals surface area contributed by atoms with Crippen LogP contribution in [0.15, 0.2) is 17.1 Å². The number of nitrogens with zero attached hydrogens (tertiary/aromatic N) is 2. The van der Waals surface area contributed by atoms with Gasteiger partial charge in [-0.3, -0.25) is 4.79 Å². The van der Waals surface area contributed by atoms with Gasteiger partial charge in [-0.15, -0.1) is 0 Å². The van der Waals surface area contributed by atoms with Gasteiger partial charge in [0, 0.05) is 11.6 Å². The normalized spacial score (nSPS) is 11.2. The molecule has 2 rings (SSSR count). The van der Waals surface area contributed by atoms with Gasteiger partial charge in [0.25, 0.3) is 5.56 Å². The van der Waals surface area contributed by atoms with E-state index >= 15 is 0 Å². The molecule has 0 aliphatic rings. The maximum absolute atomic E-state index is 11.5.